The number of methoxy groups -OCH3 is 3. The molecule has 21 nitrogen and oxygen atoms in total. The summed E-state index contributed by atoms with van der Waals surface area (Å²) >= 11 is 0. The Labute approximate surface area is 544 Å². The van der Waals surface area contributed by atoms with Gasteiger partial charge in [0.15, 0.2) is 12.6 Å². The number of amides is 2. The number of rotatable bonds is 60. The zero-order chi connectivity index (χ0) is 66.1. The molecule has 2 aliphatic rings. The summed E-state index contributed by atoms with van der Waals surface area (Å²) in [6, 6.07) is -2.72. The fourth-order valence-electron chi connectivity index (χ4n) is 12.0. The van der Waals surface area contributed by atoms with Gasteiger partial charge in [-0.3, -0.25) is 18.6 Å². The molecule has 2 fully saturated rings. The number of unbranched alkanes of at least 4 members (excludes halogenated alkanes) is 30. The minimum absolute atomic E-state index is 0.0223. The molecule has 12 atom stereocenters. The lowest BCUT2D eigenvalue weighted by molar-refractivity contribution is -0.301. The normalized spacial score (nSPS) is 23.2. The molecule has 90 heavy (non-hydrogen) atoms. The van der Waals surface area contributed by atoms with Crippen LogP contribution in [0, 0.1) is 0 Å². The molecule has 0 spiro atoms. The average Bonchev–Trinajstić information content (AvgIpc) is 0.855. The highest BCUT2D eigenvalue weighted by atomic mass is 31.2. The molecule has 0 bridgehead atoms. The minimum atomic E-state index is -5.36. The molecule has 0 saturated carbocycles. The smallest absolute Gasteiger partial charge is 0.388 e. The van der Waals surface area contributed by atoms with Crippen molar-refractivity contribution >= 4 is 27.5 Å². The highest BCUT2D eigenvalue weighted by molar-refractivity contribution is 7.46. The molecule has 2 unspecified atom stereocenters. The van der Waals surface area contributed by atoms with Gasteiger partial charge >= 0.3 is 15.6 Å². The lowest BCUT2D eigenvalue weighted by atomic mass is 9.95. The second-order valence-corrected chi connectivity index (χ2v) is 27.6. The van der Waals surface area contributed by atoms with Gasteiger partial charge < -0.3 is 73.2 Å². The molecule has 0 radical (unpaired) electrons. The van der Waals surface area contributed by atoms with Gasteiger partial charge in [-0.15, -0.1) is 0 Å². The van der Waals surface area contributed by atoms with Crippen LogP contribution >= 0.6 is 15.6 Å². The van der Waals surface area contributed by atoms with Crippen molar-refractivity contribution in [3.63, 3.8) is 0 Å². The van der Waals surface area contributed by atoms with Crippen LogP contribution in [0.25, 0.3) is 0 Å². The molecule has 7 N–H and O–H groups in total. The molecule has 2 saturated heterocycles. The van der Waals surface area contributed by atoms with Crippen LogP contribution in [0.4, 0.5) is 0 Å². The Morgan fingerprint density at radius 3 is 1.40 bits per heavy atom. The topological polar surface area (TPSA) is 286 Å². The van der Waals surface area contributed by atoms with E-state index in [1.54, 1.807) is 7.11 Å². The molecular weight excluding hydrogens is 1200 g/mol. The summed E-state index contributed by atoms with van der Waals surface area (Å²) in [5, 5.41) is 18.2. The predicted molar refractivity (Wildman–Crippen MR) is 353 cm³/mol. The zero-order valence-electron chi connectivity index (χ0n) is 57.0. The van der Waals surface area contributed by atoms with Crippen LogP contribution in [0.1, 0.15) is 285 Å². The molecule has 0 aromatic rings. The molecule has 2 heterocycles. The highest BCUT2D eigenvalue weighted by Gasteiger charge is 2.53. The van der Waals surface area contributed by atoms with E-state index in [0.717, 1.165) is 154 Å². The third-order valence-electron chi connectivity index (χ3n) is 17.3. The summed E-state index contributed by atoms with van der Waals surface area (Å²) in [5.41, 5.74) is 0. The van der Waals surface area contributed by atoms with Crippen LogP contribution < -0.4 is 10.6 Å². The van der Waals surface area contributed by atoms with Gasteiger partial charge in [-0.1, -0.05) is 226 Å². The van der Waals surface area contributed by atoms with E-state index in [1.807, 2.05) is 0 Å². The summed E-state index contributed by atoms with van der Waals surface area (Å²) in [4.78, 5) is 69.5. The second kappa shape index (κ2) is 53.7. The zero-order valence-corrected chi connectivity index (χ0v) is 58.8. The van der Waals surface area contributed by atoms with Crippen LogP contribution in [0.5, 0.6) is 0 Å². The molecule has 2 rings (SSSR count). The number of phosphoric ester groups is 2. The van der Waals surface area contributed by atoms with E-state index in [4.69, 9.17) is 46.9 Å². The Hall–Kier alpha value is -1.46. The van der Waals surface area contributed by atoms with E-state index >= 15 is 0 Å². The number of hydrogen-bond acceptors (Lipinski definition) is 15. The quantitative estimate of drug-likeness (QED) is 0.0169. The first-order chi connectivity index (χ1) is 43.4. The van der Waals surface area contributed by atoms with Gasteiger partial charge in [-0.2, -0.15) is 0 Å². The van der Waals surface area contributed by atoms with Crippen LogP contribution in [0.15, 0.2) is 12.2 Å². The summed E-state index contributed by atoms with van der Waals surface area (Å²) < 4.78 is 85.5. The van der Waals surface area contributed by atoms with E-state index in [9.17, 15) is 43.4 Å². The number of carbonyl (C=O) groups is 2. The summed E-state index contributed by atoms with van der Waals surface area (Å²) in [6.07, 6.45) is 31.4. The van der Waals surface area contributed by atoms with Crippen LogP contribution in [0.2, 0.25) is 0 Å². The van der Waals surface area contributed by atoms with Crippen molar-refractivity contribution in [2.45, 2.75) is 358 Å². The van der Waals surface area contributed by atoms with Crippen molar-refractivity contribution in [1.29, 1.82) is 0 Å². The van der Waals surface area contributed by atoms with Gasteiger partial charge in [0.05, 0.1) is 31.8 Å². The van der Waals surface area contributed by atoms with Gasteiger partial charge in [0.25, 0.3) is 0 Å². The monoisotopic (exact) mass is 1330 g/mol. The SMILES string of the molecule is CCCCCC/C=C\CCCCCCCCCC(=O)N[C@H]1[C@H](OC[C@H]2O[C@H](OP(=O)(O)O)[C@H](NC(=O)CC(CCCCCCCCCCC)OC)[C@@H](OCCCCCCCCCC)[C@@H]2O)O[C@H](COC)[C@@H](OP(=O)(O)O)[C@@H]1OCCC(CCCCCCC)OC. The number of ether oxygens (including phenoxy) is 8. The number of nitrogens with one attached hydrogen (secondary N) is 2. The number of aliphatic hydroxyl groups excluding tert-OH is 1. The second-order valence-electron chi connectivity index (χ2n) is 25.2. The Balaban J connectivity index is 2.47. The Morgan fingerprint density at radius 2 is 0.889 bits per heavy atom. The first-order valence-electron chi connectivity index (χ1n) is 35.5. The number of allylic oxidation sites excluding steroid dienone is 2. The maximum Gasteiger partial charge on any atom is 0.472 e. The summed E-state index contributed by atoms with van der Waals surface area (Å²) in [6.45, 7) is 8.06. The van der Waals surface area contributed by atoms with Gasteiger partial charge in [0.2, 0.25) is 11.8 Å². The first-order valence-corrected chi connectivity index (χ1v) is 38.6. The molecular formula is C67H130N2O19P2. The third-order valence-corrected chi connectivity index (χ3v) is 18.3. The number of phosphoric acid groups is 2. The van der Waals surface area contributed by atoms with E-state index in [1.165, 1.54) is 78.4 Å². The van der Waals surface area contributed by atoms with E-state index in [-0.39, 0.29) is 38.8 Å². The van der Waals surface area contributed by atoms with E-state index in [2.05, 4.69) is 50.5 Å². The van der Waals surface area contributed by atoms with Crippen molar-refractivity contribution in [2.75, 3.05) is 47.8 Å². The maximum absolute atomic E-state index is 14.2. The van der Waals surface area contributed by atoms with E-state index in [0.29, 0.717) is 25.7 Å². The largest absolute Gasteiger partial charge is 0.472 e. The number of carbonyl (C=O) groups excluding carboxylic acids is 2. The average molecular weight is 1330 g/mol. The third kappa shape index (κ3) is 40.8. The molecule has 0 aromatic heterocycles. The van der Waals surface area contributed by atoms with E-state index < -0.39 is 101 Å². The van der Waals surface area contributed by atoms with Gasteiger partial charge in [0, 0.05) is 41.0 Å². The van der Waals surface area contributed by atoms with Gasteiger partial charge in [-0.05, 0) is 57.8 Å². The van der Waals surface area contributed by atoms with Crippen molar-refractivity contribution in [3.05, 3.63) is 12.2 Å². The fourth-order valence-corrected chi connectivity index (χ4v) is 13.0. The maximum atomic E-state index is 14.2. The lowest BCUT2D eigenvalue weighted by Crippen LogP contribution is -2.67. The predicted octanol–water partition coefficient (Wildman–Crippen LogP) is 14.1. The Kier molecular flexibility index (Phi) is 50.5. The van der Waals surface area contributed by atoms with Crippen LogP contribution in [-0.2, 0) is 65.7 Å². The van der Waals surface area contributed by atoms with Crippen LogP contribution in [-0.4, -0.2) is 158 Å². The summed E-state index contributed by atoms with van der Waals surface area (Å²) in [5.74, 6) is -0.939. The molecule has 0 aliphatic carbocycles. The first kappa shape index (κ1) is 84.6. The fraction of sp³-hybridized carbons (Fsp3) is 0.940. The van der Waals surface area contributed by atoms with Crippen molar-refractivity contribution in [3.8, 4) is 0 Å². The molecule has 0 aromatic carbocycles. The van der Waals surface area contributed by atoms with Crippen LogP contribution in [0.3, 0.4) is 0 Å². The number of hydrogen-bond donors (Lipinski definition) is 7. The standard InChI is InChI=1S/C67H130N2O19P2/c1-8-12-16-20-23-26-27-28-29-30-31-33-35-39-43-47-58(70)68-61-65(83-50-48-54(80-6)45-41-37-19-15-11-4)63(87-89(73,74)75)57(52-79-5)86-66(61)84-53-56-62(72)64(82-49-44-40-36-25-22-18-14-10-3)60(67(85-56)88-90(76,77)78)69-59(71)51-55(81-7)46-42-38-34-32-24-21-17-13-9-2/h26-27,54-57,60-67,72H,8-25,28-53H2,1-7H3,(H,68,70)(H,69,71)(H2,73,74,75)(H2,76,77,78)/b27-26-/t54?,55?,56-,57-,60-,61-,62-,63-,64-,65-,66-,67-/m1/s1. The Morgan fingerprint density at radius 1 is 0.456 bits per heavy atom. The molecule has 2 aliphatic heterocycles. The van der Waals surface area contributed by atoms with Crippen molar-refractivity contribution in [1.82, 2.24) is 10.6 Å². The molecule has 23 heteroatoms. The minimum Gasteiger partial charge on any atom is -0.388 e. The molecule has 2 amide bonds. The summed E-state index contributed by atoms with van der Waals surface area (Å²) in [7, 11) is -6.08. The van der Waals surface area contributed by atoms with Gasteiger partial charge in [0.1, 0.15) is 48.7 Å². The number of aliphatic hydroxyl groups is 1. The van der Waals surface area contributed by atoms with Crippen molar-refractivity contribution in [2.24, 2.45) is 0 Å². The molecule has 532 valence electrons. The van der Waals surface area contributed by atoms with Gasteiger partial charge in [-0.25, -0.2) is 9.13 Å². The van der Waals surface area contributed by atoms with Crippen molar-refractivity contribution < 1.29 is 90.3 Å². The highest BCUT2D eigenvalue weighted by Crippen LogP contribution is 2.44. The Bertz CT molecular complexity index is 1870. The lowest BCUT2D eigenvalue weighted by Gasteiger charge is -2.47.